The van der Waals surface area contributed by atoms with E-state index < -0.39 is 12.1 Å². The molecule has 0 saturated carbocycles. The molecule has 0 bridgehead atoms. The minimum atomic E-state index is -0.724. The molecule has 3 aliphatic heterocycles. The number of imide groups is 2. The Morgan fingerprint density at radius 1 is 0.750 bits per heavy atom. The molecule has 3 aliphatic rings. The van der Waals surface area contributed by atoms with Crippen LogP contribution >= 0.6 is 0 Å². The fourth-order valence-corrected chi connectivity index (χ4v) is 2.71. The van der Waals surface area contributed by atoms with Gasteiger partial charge in [-0.3, -0.25) is 29.0 Å². The molecule has 6 nitrogen and oxygen atoms in total. The summed E-state index contributed by atoms with van der Waals surface area (Å²) in [5.41, 5.74) is 0. The zero-order valence-electron chi connectivity index (χ0n) is 8.51. The second-order valence-electron chi connectivity index (χ2n) is 4.31. The van der Waals surface area contributed by atoms with Crippen molar-refractivity contribution in [3.63, 3.8) is 0 Å². The first-order valence-electron chi connectivity index (χ1n) is 5.33. The highest BCUT2D eigenvalue weighted by atomic mass is 16.2. The molecular formula is C10H10N2O4. The molecule has 0 aromatic carbocycles. The Balaban J connectivity index is 2.03. The van der Waals surface area contributed by atoms with Crippen LogP contribution in [0.4, 0.5) is 0 Å². The Bertz CT molecular complexity index is 391. The summed E-state index contributed by atoms with van der Waals surface area (Å²) >= 11 is 0. The lowest BCUT2D eigenvalue weighted by Gasteiger charge is -2.36. The van der Waals surface area contributed by atoms with Crippen molar-refractivity contribution in [1.29, 1.82) is 0 Å². The predicted molar refractivity (Wildman–Crippen MR) is 49.8 cm³/mol. The Hall–Kier alpha value is -1.72. The first-order chi connectivity index (χ1) is 7.61. The van der Waals surface area contributed by atoms with E-state index in [1.165, 1.54) is 0 Å². The Morgan fingerprint density at radius 3 is 1.50 bits per heavy atom. The van der Waals surface area contributed by atoms with Crippen LogP contribution in [-0.2, 0) is 19.2 Å². The number of amides is 4. The predicted octanol–water partition coefficient (Wildman–Crippen LogP) is -0.965. The van der Waals surface area contributed by atoms with Crippen molar-refractivity contribution < 1.29 is 19.2 Å². The molecule has 16 heavy (non-hydrogen) atoms. The molecule has 3 rings (SSSR count). The second kappa shape index (κ2) is 2.90. The molecule has 84 valence electrons. The summed E-state index contributed by atoms with van der Waals surface area (Å²) in [7, 11) is 0. The molecule has 0 spiro atoms. The molecule has 0 aromatic rings. The molecule has 0 aromatic heterocycles. The zero-order chi connectivity index (χ0) is 11.4. The maximum absolute atomic E-state index is 11.9. The molecule has 3 saturated heterocycles. The van der Waals surface area contributed by atoms with Crippen molar-refractivity contribution >= 4 is 23.6 Å². The van der Waals surface area contributed by atoms with Crippen LogP contribution in [0.25, 0.3) is 0 Å². The molecule has 3 heterocycles. The van der Waals surface area contributed by atoms with Crippen LogP contribution in [0.5, 0.6) is 0 Å². The van der Waals surface area contributed by atoms with Gasteiger partial charge in [-0.05, 0) is 12.8 Å². The van der Waals surface area contributed by atoms with E-state index in [4.69, 9.17) is 0 Å². The lowest BCUT2D eigenvalue weighted by Crippen LogP contribution is -2.62. The molecule has 0 radical (unpaired) electrons. The fraction of sp³-hybridized carbons (Fsp3) is 0.600. The van der Waals surface area contributed by atoms with E-state index in [0.29, 0.717) is 12.8 Å². The Morgan fingerprint density at radius 2 is 1.12 bits per heavy atom. The van der Waals surface area contributed by atoms with Crippen molar-refractivity contribution in [2.45, 2.75) is 37.8 Å². The Labute approximate surface area is 91.2 Å². The first kappa shape index (κ1) is 9.50. The lowest BCUT2D eigenvalue weighted by atomic mass is 10.1. The van der Waals surface area contributed by atoms with Gasteiger partial charge in [0.2, 0.25) is 11.8 Å². The van der Waals surface area contributed by atoms with Crippen LogP contribution < -0.4 is 0 Å². The maximum Gasteiger partial charge on any atom is 0.253 e. The molecule has 2 unspecified atom stereocenters. The van der Waals surface area contributed by atoms with Crippen molar-refractivity contribution in [3.8, 4) is 0 Å². The molecule has 0 aliphatic carbocycles. The highest BCUT2D eigenvalue weighted by molar-refractivity contribution is 6.14. The van der Waals surface area contributed by atoms with E-state index in [0.717, 1.165) is 9.80 Å². The monoisotopic (exact) mass is 222 g/mol. The standard InChI is InChI=1S/C10H10N2O4/c13-7-3-1-5-9(15)12-6(2-4-8(12)14)10(16)11(5)7/h5-6H,1-4H2. The van der Waals surface area contributed by atoms with Crippen molar-refractivity contribution in [3.05, 3.63) is 0 Å². The van der Waals surface area contributed by atoms with Crippen molar-refractivity contribution in [2.75, 3.05) is 0 Å². The van der Waals surface area contributed by atoms with E-state index in [1.54, 1.807) is 0 Å². The van der Waals surface area contributed by atoms with Gasteiger partial charge in [0.05, 0.1) is 0 Å². The van der Waals surface area contributed by atoms with E-state index in [9.17, 15) is 19.2 Å². The quantitative estimate of drug-likeness (QED) is 0.494. The Kier molecular flexibility index (Phi) is 1.72. The molecule has 2 atom stereocenters. The van der Waals surface area contributed by atoms with Gasteiger partial charge in [0, 0.05) is 12.8 Å². The average Bonchev–Trinajstić information content (AvgIpc) is 2.80. The minimum Gasteiger partial charge on any atom is -0.274 e. The van der Waals surface area contributed by atoms with Gasteiger partial charge in [0.25, 0.3) is 11.8 Å². The van der Waals surface area contributed by atoms with Crippen LogP contribution in [-0.4, -0.2) is 45.5 Å². The third-order valence-corrected chi connectivity index (χ3v) is 3.47. The number of carbonyl (C=O) groups is 4. The highest BCUT2D eigenvalue weighted by Gasteiger charge is 2.55. The van der Waals surface area contributed by atoms with Crippen molar-refractivity contribution in [1.82, 2.24) is 9.80 Å². The minimum absolute atomic E-state index is 0.219. The van der Waals surface area contributed by atoms with Crippen LogP contribution in [0.2, 0.25) is 0 Å². The molecule has 4 amide bonds. The summed E-state index contributed by atoms with van der Waals surface area (Å²) < 4.78 is 0. The number of hydrogen-bond acceptors (Lipinski definition) is 4. The van der Waals surface area contributed by atoms with Gasteiger partial charge >= 0.3 is 0 Å². The maximum atomic E-state index is 11.9. The third-order valence-electron chi connectivity index (χ3n) is 3.47. The van der Waals surface area contributed by atoms with E-state index in [2.05, 4.69) is 0 Å². The van der Waals surface area contributed by atoms with Gasteiger partial charge in [0.15, 0.2) is 0 Å². The number of carbonyl (C=O) groups excluding carboxylic acids is 4. The molecule has 3 fully saturated rings. The van der Waals surface area contributed by atoms with E-state index >= 15 is 0 Å². The number of fused-ring (bicyclic) bond motifs is 2. The highest BCUT2D eigenvalue weighted by Crippen LogP contribution is 2.33. The first-order valence-corrected chi connectivity index (χ1v) is 5.33. The SMILES string of the molecule is O=C1CCC2C(=O)N3C(=O)CCC3C(=O)N12. The van der Waals surface area contributed by atoms with E-state index in [1.807, 2.05) is 0 Å². The van der Waals surface area contributed by atoms with Gasteiger partial charge in [-0.2, -0.15) is 0 Å². The van der Waals surface area contributed by atoms with Gasteiger partial charge < -0.3 is 0 Å². The summed E-state index contributed by atoms with van der Waals surface area (Å²) in [6.07, 6.45) is 1.13. The van der Waals surface area contributed by atoms with Gasteiger partial charge in [-0.15, -0.1) is 0 Å². The number of rotatable bonds is 0. The van der Waals surface area contributed by atoms with Gasteiger partial charge in [0.1, 0.15) is 12.1 Å². The summed E-state index contributed by atoms with van der Waals surface area (Å²) in [4.78, 5) is 49.0. The molecule has 0 N–H and O–H groups in total. The largest absolute Gasteiger partial charge is 0.274 e. The van der Waals surface area contributed by atoms with Gasteiger partial charge in [-0.1, -0.05) is 0 Å². The zero-order valence-corrected chi connectivity index (χ0v) is 8.51. The average molecular weight is 222 g/mol. The third kappa shape index (κ3) is 0.963. The number of hydrogen-bond donors (Lipinski definition) is 0. The van der Waals surface area contributed by atoms with Crippen LogP contribution in [0.3, 0.4) is 0 Å². The number of piperazine rings is 1. The summed E-state index contributed by atoms with van der Waals surface area (Å²) in [6.45, 7) is 0. The smallest absolute Gasteiger partial charge is 0.253 e. The fourth-order valence-electron chi connectivity index (χ4n) is 2.71. The molecule has 6 heteroatoms. The normalized spacial score (nSPS) is 33.5. The summed E-state index contributed by atoms with van der Waals surface area (Å²) in [6, 6.07) is -1.45. The number of nitrogens with zero attached hydrogens (tertiary/aromatic N) is 2. The topological polar surface area (TPSA) is 74.8 Å². The second-order valence-corrected chi connectivity index (χ2v) is 4.31. The van der Waals surface area contributed by atoms with Crippen LogP contribution in [0.15, 0.2) is 0 Å². The van der Waals surface area contributed by atoms with Crippen LogP contribution in [0.1, 0.15) is 25.7 Å². The molecular weight excluding hydrogens is 212 g/mol. The van der Waals surface area contributed by atoms with Crippen molar-refractivity contribution in [2.24, 2.45) is 0 Å². The van der Waals surface area contributed by atoms with Crippen LogP contribution in [0, 0.1) is 0 Å². The summed E-state index contributed by atoms with van der Waals surface area (Å²) in [5.74, 6) is -1.33. The van der Waals surface area contributed by atoms with Gasteiger partial charge in [-0.25, -0.2) is 0 Å². The van der Waals surface area contributed by atoms with E-state index in [-0.39, 0.29) is 36.5 Å². The lowest BCUT2D eigenvalue weighted by molar-refractivity contribution is -0.165. The summed E-state index contributed by atoms with van der Waals surface area (Å²) in [5, 5.41) is 0.